The third kappa shape index (κ3) is 43.1. The maximum Gasteiger partial charge on any atom is 0.472 e. The SMILES string of the molecule is CCCCCC=CCC=CCCCCCCCCCCCC(=O)OC(COC(=O)CCCC=CCC=CCC=CCCCCCCCC)COP(=O)(O)OCCN. The number of phosphoric acid groups is 1. The van der Waals surface area contributed by atoms with E-state index in [1.807, 2.05) is 0 Å². The molecule has 330 valence electrons. The smallest absolute Gasteiger partial charge is 0.462 e. The number of rotatable bonds is 42. The molecule has 57 heavy (non-hydrogen) atoms. The van der Waals surface area contributed by atoms with Crippen molar-refractivity contribution in [2.75, 3.05) is 26.4 Å². The largest absolute Gasteiger partial charge is 0.472 e. The maximum atomic E-state index is 12.6. The number of esters is 2. The molecule has 0 heterocycles. The van der Waals surface area contributed by atoms with Crippen molar-refractivity contribution in [2.45, 2.75) is 200 Å². The van der Waals surface area contributed by atoms with E-state index >= 15 is 0 Å². The quantitative estimate of drug-likeness (QED) is 0.0267. The highest BCUT2D eigenvalue weighted by Crippen LogP contribution is 2.43. The molecule has 0 aliphatic heterocycles. The second kappa shape index (κ2) is 43.3. The molecular formula is C47H84NO8P. The highest BCUT2D eigenvalue weighted by Gasteiger charge is 2.26. The molecule has 0 aromatic carbocycles. The van der Waals surface area contributed by atoms with Gasteiger partial charge in [-0.25, -0.2) is 4.57 Å². The average molecular weight is 822 g/mol. The Hall–Kier alpha value is -2.29. The second-order valence-corrected chi connectivity index (χ2v) is 16.4. The van der Waals surface area contributed by atoms with Gasteiger partial charge in [-0.05, 0) is 77.0 Å². The summed E-state index contributed by atoms with van der Waals surface area (Å²) in [6, 6.07) is 0. The standard InChI is InChI=1S/C47H84NO8P/c1-3-5-7-9-11-13-15-17-19-21-22-24-26-28-30-32-34-36-38-40-47(50)56-45(44-55-57(51,52)54-42-41-48)43-53-46(49)39-37-35-33-31-29-27-25-23-20-18-16-14-12-10-8-6-4-2/h11,13,17-20,25,27,31,33,45H,3-10,12,14-16,21-24,26,28-30,32,34-44,48H2,1-2H3,(H,51,52). The number of carbonyl (C=O) groups is 2. The van der Waals surface area contributed by atoms with Crippen molar-refractivity contribution in [3.63, 3.8) is 0 Å². The van der Waals surface area contributed by atoms with Gasteiger partial charge in [-0.3, -0.25) is 18.6 Å². The molecular weight excluding hydrogens is 737 g/mol. The highest BCUT2D eigenvalue weighted by molar-refractivity contribution is 7.47. The number of hydrogen-bond donors (Lipinski definition) is 2. The number of hydrogen-bond acceptors (Lipinski definition) is 8. The number of unbranched alkanes of at least 4 members (excludes halogenated alkanes) is 19. The fraction of sp³-hybridized carbons (Fsp3) is 0.745. The van der Waals surface area contributed by atoms with Crippen LogP contribution >= 0.6 is 7.82 Å². The first-order valence-corrected chi connectivity index (χ1v) is 24.3. The molecule has 3 N–H and O–H groups in total. The summed E-state index contributed by atoms with van der Waals surface area (Å²) in [4.78, 5) is 34.9. The minimum Gasteiger partial charge on any atom is -0.462 e. The number of carbonyl (C=O) groups excluding carboxylic acids is 2. The van der Waals surface area contributed by atoms with Crippen molar-refractivity contribution in [3.8, 4) is 0 Å². The first kappa shape index (κ1) is 54.7. The van der Waals surface area contributed by atoms with Crippen molar-refractivity contribution in [1.29, 1.82) is 0 Å². The van der Waals surface area contributed by atoms with Crippen LogP contribution in [0.15, 0.2) is 60.8 Å². The van der Waals surface area contributed by atoms with Gasteiger partial charge in [0.15, 0.2) is 6.10 Å². The zero-order valence-electron chi connectivity index (χ0n) is 36.3. The van der Waals surface area contributed by atoms with Crippen molar-refractivity contribution in [2.24, 2.45) is 5.73 Å². The lowest BCUT2D eigenvalue weighted by molar-refractivity contribution is -0.161. The Bertz CT molecular complexity index is 1120. The van der Waals surface area contributed by atoms with Crippen LogP contribution in [0.1, 0.15) is 194 Å². The van der Waals surface area contributed by atoms with E-state index in [2.05, 4.69) is 74.6 Å². The van der Waals surface area contributed by atoms with Gasteiger partial charge in [0, 0.05) is 19.4 Å². The van der Waals surface area contributed by atoms with Gasteiger partial charge in [0.25, 0.3) is 0 Å². The molecule has 2 atom stereocenters. The molecule has 0 aromatic heterocycles. The summed E-state index contributed by atoms with van der Waals surface area (Å²) in [6.07, 6.45) is 51.1. The molecule has 0 bridgehead atoms. The number of allylic oxidation sites excluding steroid dienone is 10. The predicted molar refractivity (Wildman–Crippen MR) is 238 cm³/mol. The number of phosphoric ester groups is 1. The molecule has 0 rings (SSSR count). The molecule has 0 aliphatic rings. The Labute approximate surface area is 349 Å². The van der Waals surface area contributed by atoms with Crippen LogP contribution in [0.4, 0.5) is 0 Å². The van der Waals surface area contributed by atoms with Gasteiger partial charge in [-0.2, -0.15) is 0 Å². The van der Waals surface area contributed by atoms with E-state index in [1.165, 1.54) is 96.3 Å². The number of nitrogens with two attached hydrogens (primary N) is 1. The van der Waals surface area contributed by atoms with Crippen LogP contribution in [0.2, 0.25) is 0 Å². The third-order valence-corrected chi connectivity index (χ3v) is 10.4. The van der Waals surface area contributed by atoms with E-state index in [0.717, 1.165) is 57.8 Å². The maximum absolute atomic E-state index is 12.6. The lowest BCUT2D eigenvalue weighted by atomic mass is 10.1. The van der Waals surface area contributed by atoms with Crippen LogP contribution in [-0.4, -0.2) is 49.3 Å². The summed E-state index contributed by atoms with van der Waals surface area (Å²) in [5.41, 5.74) is 5.35. The lowest BCUT2D eigenvalue weighted by Gasteiger charge is -2.19. The van der Waals surface area contributed by atoms with Gasteiger partial charge in [-0.15, -0.1) is 0 Å². The molecule has 0 amide bonds. The average Bonchev–Trinajstić information content (AvgIpc) is 3.20. The van der Waals surface area contributed by atoms with Gasteiger partial charge in [-0.1, -0.05) is 164 Å². The first-order chi connectivity index (χ1) is 27.8. The summed E-state index contributed by atoms with van der Waals surface area (Å²) in [6.45, 7) is 3.64. The van der Waals surface area contributed by atoms with Crippen LogP contribution in [0, 0.1) is 0 Å². The van der Waals surface area contributed by atoms with Gasteiger partial charge in [0.1, 0.15) is 6.61 Å². The number of ether oxygens (including phenoxy) is 2. The molecule has 0 spiro atoms. The Morgan fingerprint density at radius 1 is 0.526 bits per heavy atom. The Kier molecular flexibility index (Phi) is 41.6. The highest BCUT2D eigenvalue weighted by atomic mass is 31.2. The van der Waals surface area contributed by atoms with Crippen LogP contribution in [0.3, 0.4) is 0 Å². The minimum atomic E-state index is -4.39. The Morgan fingerprint density at radius 2 is 0.930 bits per heavy atom. The van der Waals surface area contributed by atoms with Crippen molar-refractivity contribution in [1.82, 2.24) is 0 Å². The predicted octanol–water partition coefficient (Wildman–Crippen LogP) is 13.3. The summed E-state index contributed by atoms with van der Waals surface area (Å²) in [5.74, 6) is -0.896. The van der Waals surface area contributed by atoms with Gasteiger partial charge < -0.3 is 20.1 Å². The monoisotopic (exact) mass is 822 g/mol. The normalized spacial score (nSPS) is 13.8. The Morgan fingerprint density at radius 3 is 1.44 bits per heavy atom. The molecule has 0 fully saturated rings. The minimum absolute atomic E-state index is 0.0440. The molecule has 10 heteroatoms. The van der Waals surface area contributed by atoms with E-state index in [9.17, 15) is 19.0 Å². The lowest BCUT2D eigenvalue weighted by Crippen LogP contribution is -2.29. The molecule has 0 saturated heterocycles. The topological polar surface area (TPSA) is 134 Å². The van der Waals surface area contributed by atoms with E-state index in [1.54, 1.807) is 0 Å². The fourth-order valence-electron chi connectivity index (χ4n) is 5.97. The van der Waals surface area contributed by atoms with Crippen LogP contribution in [0.5, 0.6) is 0 Å². The summed E-state index contributed by atoms with van der Waals surface area (Å²) in [5, 5.41) is 0. The van der Waals surface area contributed by atoms with E-state index < -0.39 is 32.5 Å². The molecule has 0 aromatic rings. The molecule has 9 nitrogen and oxygen atoms in total. The summed E-state index contributed by atoms with van der Waals surface area (Å²) in [7, 11) is -4.39. The van der Waals surface area contributed by atoms with Crippen LogP contribution in [-0.2, 0) is 32.7 Å². The Balaban J connectivity index is 4.21. The first-order valence-electron chi connectivity index (χ1n) is 22.8. The zero-order valence-corrected chi connectivity index (χ0v) is 37.2. The van der Waals surface area contributed by atoms with E-state index in [-0.39, 0.29) is 32.6 Å². The van der Waals surface area contributed by atoms with E-state index in [4.69, 9.17) is 24.3 Å². The second-order valence-electron chi connectivity index (χ2n) is 14.9. The summed E-state index contributed by atoms with van der Waals surface area (Å²) < 4.78 is 32.8. The zero-order chi connectivity index (χ0) is 41.8. The molecule has 0 radical (unpaired) electrons. The van der Waals surface area contributed by atoms with Crippen molar-refractivity contribution in [3.05, 3.63) is 60.8 Å². The molecule has 2 unspecified atom stereocenters. The molecule has 0 aliphatic carbocycles. The van der Waals surface area contributed by atoms with Crippen molar-refractivity contribution >= 4 is 19.8 Å². The fourth-order valence-corrected chi connectivity index (χ4v) is 6.74. The van der Waals surface area contributed by atoms with Crippen molar-refractivity contribution < 1.29 is 37.6 Å². The van der Waals surface area contributed by atoms with Gasteiger partial charge in [0.05, 0.1) is 13.2 Å². The van der Waals surface area contributed by atoms with Crippen LogP contribution < -0.4 is 5.73 Å². The van der Waals surface area contributed by atoms with Gasteiger partial charge >= 0.3 is 19.8 Å². The van der Waals surface area contributed by atoms with Gasteiger partial charge in [0.2, 0.25) is 0 Å². The summed E-state index contributed by atoms with van der Waals surface area (Å²) >= 11 is 0. The third-order valence-electron chi connectivity index (χ3n) is 9.38. The molecule has 0 saturated carbocycles. The van der Waals surface area contributed by atoms with E-state index in [0.29, 0.717) is 12.8 Å². The van der Waals surface area contributed by atoms with Crippen LogP contribution in [0.25, 0.3) is 0 Å².